The molecule has 3 aromatic rings. The molecule has 2 heterocycles. The zero-order valence-corrected chi connectivity index (χ0v) is 13.8. The summed E-state index contributed by atoms with van der Waals surface area (Å²) in [6, 6.07) is 6.18. The van der Waals surface area contributed by atoms with E-state index in [4.69, 9.17) is 8.83 Å². The Morgan fingerprint density at radius 1 is 1.17 bits per heavy atom. The van der Waals surface area contributed by atoms with Crippen molar-refractivity contribution in [2.45, 2.75) is 45.6 Å². The van der Waals surface area contributed by atoms with E-state index in [1.54, 1.807) is 0 Å². The summed E-state index contributed by atoms with van der Waals surface area (Å²) in [4.78, 5) is 12.2. The fourth-order valence-electron chi connectivity index (χ4n) is 3.26. The molecular weight excluding hydrogens is 306 g/mol. The Morgan fingerprint density at radius 3 is 2.75 bits per heavy atom. The zero-order chi connectivity index (χ0) is 16.7. The van der Waals surface area contributed by atoms with Gasteiger partial charge in [0, 0.05) is 17.0 Å². The van der Waals surface area contributed by atoms with Gasteiger partial charge in [-0.2, -0.15) is 0 Å². The third kappa shape index (κ3) is 2.58. The van der Waals surface area contributed by atoms with Crippen LogP contribution in [0.2, 0.25) is 0 Å². The van der Waals surface area contributed by atoms with E-state index in [1.165, 1.54) is 0 Å². The van der Waals surface area contributed by atoms with E-state index in [0.29, 0.717) is 5.76 Å². The van der Waals surface area contributed by atoms with Gasteiger partial charge in [0.05, 0.1) is 0 Å². The minimum Gasteiger partial charge on any atom is -0.451 e. The maximum Gasteiger partial charge on any atom is 0.309 e. The molecule has 1 saturated carbocycles. The third-order valence-corrected chi connectivity index (χ3v) is 4.60. The number of carbonyl (C=O) groups excluding carboxylic acids is 1. The number of amides is 1. The van der Waals surface area contributed by atoms with Crippen molar-refractivity contribution in [1.82, 2.24) is 15.5 Å². The van der Waals surface area contributed by atoms with Gasteiger partial charge in [-0.3, -0.25) is 4.79 Å². The van der Waals surface area contributed by atoms with Crippen LogP contribution in [0, 0.1) is 13.8 Å². The lowest BCUT2D eigenvalue weighted by atomic mass is 10.1. The second kappa shape index (κ2) is 5.78. The minimum atomic E-state index is -0.315. The monoisotopic (exact) mass is 325 g/mol. The maximum absolute atomic E-state index is 12.2. The van der Waals surface area contributed by atoms with Gasteiger partial charge in [-0.25, -0.2) is 0 Å². The first kappa shape index (κ1) is 14.9. The average molecular weight is 325 g/mol. The van der Waals surface area contributed by atoms with Crippen molar-refractivity contribution in [3.05, 3.63) is 35.2 Å². The molecule has 4 rings (SSSR count). The first-order valence-electron chi connectivity index (χ1n) is 8.26. The van der Waals surface area contributed by atoms with Crippen LogP contribution in [0.25, 0.3) is 22.6 Å². The predicted molar refractivity (Wildman–Crippen MR) is 88.7 cm³/mol. The van der Waals surface area contributed by atoms with Gasteiger partial charge in [0.25, 0.3) is 5.89 Å². The SMILES string of the molecule is Cc1ccc2oc(-c3nnc(C(=O)NC4CCCC4)o3)c(C)c2c1. The highest BCUT2D eigenvalue weighted by Gasteiger charge is 2.24. The number of carbonyl (C=O) groups is 1. The van der Waals surface area contributed by atoms with Gasteiger partial charge in [-0.15, -0.1) is 10.2 Å². The number of benzene rings is 1. The highest BCUT2D eigenvalue weighted by atomic mass is 16.4. The molecule has 124 valence electrons. The molecule has 1 amide bonds. The smallest absolute Gasteiger partial charge is 0.309 e. The first-order valence-corrected chi connectivity index (χ1v) is 8.26. The van der Waals surface area contributed by atoms with Crippen molar-refractivity contribution in [1.29, 1.82) is 0 Å². The molecular formula is C18H19N3O3. The number of aromatic nitrogens is 2. The molecule has 6 heteroatoms. The van der Waals surface area contributed by atoms with Crippen molar-refractivity contribution in [2.75, 3.05) is 0 Å². The highest BCUT2D eigenvalue weighted by molar-refractivity contribution is 5.90. The molecule has 0 unspecified atom stereocenters. The number of aryl methyl sites for hydroxylation is 2. The second-order valence-electron chi connectivity index (χ2n) is 6.42. The van der Waals surface area contributed by atoms with E-state index in [1.807, 2.05) is 26.0 Å². The Hall–Kier alpha value is -2.63. The number of nitrogens with zero attached hydrogens (tertiary/aromatic N) is 2. The Bertz CT molecular complexity index is 904. The Kier molecular flexibility index (Phi) is 3.59. The Labute approximate surface area is 139 Å². The minimum absolute atomic E-state index is 0.0204. The molecule has 1 N–H and O–H groups in total. The summed E-state index contributed by atoms with van der Waals surface area (Å²) in [6.07, 6.45) is 4.32. The van der Waals surface area contributed by atoms with Crippen LogP contribution >= 0.6 is 0 Å². The normalized spacial score (nSPS) is 15.2. The highest BCUT2D eigenvalue weighted by Crippen LogP contribution is 2.32. The van der Waals surface area contributed by atoms with Gasteiger partial charge >= 0.3 is 11.8 Å². The van der Waals surface area contributed by atoms with E-state index in [9.17, 15) is 4.79 Å². The second-order valence-corrected chi connectivity index (χ2v) is 6.42. The Morgan fingerprint density at radius 2 is 1.96 bits per heavy atom. The van der Waals surface area contributed by atoms with Crippen molar-refractivity contribution in [2.24, 2.45) is 0 Å². The van der Waals surface area contributed by atoms with Crippen LogP contribution in [0.15, 0.2) is 27.0 Å². The predicted octanol–water partition coefficient (Wildman–Crippen LogP) is 3.77. The largest absolute Gasteiger partial charge is 0.451 e. The van der Waals surface area contributed by atoms with Crippen LogP contribution in [-0.4, -0.2) is 22.1 Å². The Balaban J connectivity index is 1.62. The summed E-state index contributed by atoms with van der Waals surface area (Å²) < 4.78 is 11.4. The summed E-state index contributed by atoms with van der Waals surface area (Å²) in [7, 11) is 0. The summed E-state index contributed by atoms with van der Waals surface area (Å²) >= 11 is 0. The number of rotatable bonds is 3. The standard InChI is InChI=1S/C18H19N3O3/c1-10-7-8-14-13(9-10)11(2)15(23-14)17-20-21-18(24-17)16(22)19-12-5-3-4-6-12/h7-9,12H,3-6H2,1-2H3,(H,19,22). The van der Waals surface area contributed by atoms with Gasteiger partial charge < -0.3 is 14.2 Å². The molecule has 0 radical (unpaired) electrons. The number of hydrogen-bond acceptors (Lipinski definition) is 5. The van der Waals surface area contributed by atoms with Crippen LogP contribution in [0.3, 0.4) is 0 Å². The summed E-state index contributed by atoms with van der Waals surface area (Å²) in [5, 5.41) is 11.8. The van der Waals surface area contributed by atoms with Crippen LogP contribution in [0.4, 0.5) is 0 Å². The molecule has 1 aliphatic carbocycles. The van der Waals surface area contributed by atoms with E-state index in [2.05, 4.69) is 21.6 Å². The molecule has 0 aliphatic heterocycles. The van der Waals surface area contributed by atoms with Crippen LogP contribution < -0.4 is 5.32 Å². The number of furan rings is 1. The summed E-state index contributed by atoms with van der Waals surface area (Å²) in [6.45, 7) is 3.98. The molecule has 0 spiro atoms. The van der Waals surface area contributed by atoms with Crippen molar-refractivity contribution < 1.29 is 13.6 Å². The van der Waals surface area contributed by atoms with Gasteiger partial charge in [-0.1, -0.05) is 24.5 Å². The number of nitrogens with one attached hydrogen (secondary N) is 1. The molecule has 0 saturated heterocycles. The molecule has 2 aromatic heterocycles. The quantitative estimate of drug-likeness (QED) is 0.792. The summed E-state index contributed by atoms with van der Waals surface area (Å²) in [5.74, 6) is 0.416. The zero-order valence-electron chi connectivity index (χ0n) is 13.8. The molecule has 6 nitrogen and oxygen atoms in total. The van der Waals surface area contributed by atoms with Crippen LogP contribution in [0.1, 0.15) is 47.5 Å². The van der Waals surface area contributed by atoms with Gasteiger partial charge in [0.15, 0.2) is 5.76 Å². The fourth-order valence-corrected chi connectivity index (χ4v) is 3.26. The lowest BCUT2D eigenvalue weighted by Crippen LogP contribution is -2.32. The van der Waals surface area contributed by atoms with E-state index in [-0.39, 0.29) is 23.7 Å². The van der Waals surface area contributed by atoms with Gasteiger partial charge in [-0.05, 0) is 38.8 Å². The van der Waals surface area contributed by atoms with E-state index >= 15 is 0 Å². The fraction of sp³-hybridized carbons (Fsp3) is 0.389. The average Bonchev–Trinajstić information content (AvgIpc) is 3.28. The maximum atomic E-state index is 12.2. The molecule has 0 atom stereocenters. The van der Waals surface area contributed by atoms with Crippen LogP contribution in [0.5, 0.6) is 0 Å². The lowest BCUT2D eigenvalue weighted by Gasteiger charge is -2.08. The number of hydrogen-bond donors (Lipinski definition) is 1. The number of fused-ring (bicyclic) bond motifs is 1. The molecule has 24 heavy (non-hydrogen) atoms. The molecule has 1 aliphatic rings. The first-order chi connectivity index (χ1) is 11.6. The van der Waals surface area contributed by atoms with Gasteiger partial charge in [0.2, 0.25) is 0 Å². The third-order valence-electron chi connectivity index (χ3n) is 4.60. The van der Waals surface area contributed by atoms with E-state index in [0.717, 1.165) is 47.8 Å². The topological polar surface area (TPSA) is 81.2 Å². The van der Waals surface area contributed by atoms with E-state index < -0.39 is 0 Å². The molecule has 1 aromatic carbocycles. The molecule has 1 fully saturated rings. The van der Waals surface area contributed by atoms with Crippen molar-refractivity contribution in [3.8, 4) is 11.7 Å². The molecule has 0 bridgehead atoms. The lowest BCUT2D eigenvalue weighted by molar-refractivity contribution is 0.0903. The van der Waals surface area contributed by atoms with Gasteiger partial charge in [0.1, 0.15) is 5.58 Å². The van der Waals surface area contributed by atoms with Crippen molar-refractivity contribution in [3.63, 3.8) is 0 Å². The van der Waals surface area contributed by atoms with Crippen LogP contribution in [-0.2, 0) is 0 Å². The summed E-state index contributed by atoms with van der Waals surface area (Å²) in [5.41, 5.74) is 2.85. The van der Waals surface area contributed by atoms with Crippen molar-refractivity contribution >= 4 is 16.9 Å².